The van der Waals surface area contributed by atoms with Crippen molar-refractivity contribution in [3.05, 3.63) is 29.6 Å². The van der Waals surface area contributed by atoms with Gasteiger partial charge in [0.15, 0.2) is 0 Å². The Hall–Kier alpha value is -1.13. The lowest BCUT2D eigenvalue weighted by Crippen LogP contribution is -2.42. The molecule has 1 aromatic carbocycles. The number of hydrogen-bond acceptors (Lipinski definition) is 3. The first-order valence-electron chi connectivity index (χ1n) is 8.02. The summed E-state index contributed by atoms with van der Waals surface area (Å²) in [6.45, 7) is 5.96. The summed E-state index contributed by atoms with van der Waals surface area (Å²) in [5.74, 6) is -0.143. The van der Waals surface area contributed by atoms with Crippen molar-refractivity contribution < 1.29 is 4.39 Å². The molecule has 118 valence electrons. The highest BCUT2D eigenvalue weighted by atomic mass is 19.1. The van der Waals surface area contributed by atoms with E-state index in [0.29, 0.717) is 6.04 Å². The Kier molecular flexibility index (Phi) is 6.00. The molecule has 0 atom stereocenters. The zero-order valence-corrected chi connectivity index (χ0v) is 13.5. The van der Waals surface area contributed by atoms with Crippen molar-refractivity contribution in [1.82, 2.24) is 10.2 Å². The fourth-order valence-electron chi connectivity index (χ4n) is 3.03. The third-order valence-corrected chi connectivity index (χ3v) is 4.32. The highest BCUT2D eigenvalue weighted by molar-refractivity contribution is 5.54. The second-order valence-electron chi connectivity index (χ2n) is 6.13. The first kappa shape index (κ1) is 16.2. The average molecular weight is 293 g/mol. The van der Waals surface area contributed by atoms with Crippen LogP contribution >= 0.6 is 0 Å². The molecule has 1 aliphatic rings. The number of anilines is 1. The predicted molar refractivity (Wildman–Crippen MR) is 87.3 cm³/mol. The summed E-state index contributed by atoms with van der Waals surface area (Å²) in [7, 11) is 4.30. The summed E-state index contributed by atoms with van der Waals surface area (Å²) in [4.78, 5) is 4.72. The number of nitrogens with zero attached hydrogens (tertiary/aromatic N) is 2. The summed E-state index contributed by atoms with van der Waals surface area (Å²) in [5, 5.41) is 3.38. The first-order chi connectivity index (χ1) is 10.1. The molecule has 0 saturated carbocycles. The van der Waals surface area contributed by atoms with Crippen LogP contribution in [-0.4, -0.2) is 44.7 Å². The molecule has 0 amide bonds. The largest absolute Gasteiger partial charge is 0.371 e. The Balaban J connectivity index is 2.05. The number of rotatable bonds is 6. The maximum Gasteiger partial charge on any atom is 0.123 e. The molecule has 1 fully saturated rings. The highest BCUT2D eigenvalue weighted by Crippen LogP contribution is 2.26. The van der Waals surface area contributed by atoms with Gasteiger partial charge in [-0.15, -0.1) is 0 Å². The third kappa shape index (κ3) is 4.42. The maximum atomic E-state index is 13.5. The lowest BCUT2D eigenvalue weighted by molar-refractivity contribution is 0.249. The Labute approximate surface area is 128 Å². The van der Waals surface area contributed by atoms with E-state index in [2.05, 4.69) is 36.1 Å². The Morgan fingerprint density at radius 1 is 1.29 bits per heavy atom. The van der Waals surface area contributed by atoms with Gasteiger partial charge in [-0.1, -0.05) is 6.92 Å². The van der Waals surface area contributed by atoms with E-state index in [1.165, 1.54) is 18.5 Å². The highest BCUT2D eigenvalue weighted by Gasteiger charge is 2.22. The minimum atomic E-state index is -0.143. The zero-order valence-electron chi connectivity index (χ0n) is 13.5. The van der Waals surface area contributed by atoms with Crippen LogP contribution in [0, 0.1) is 5.82 Å². The van der Waals surface area contributed by atoms with E-state index in [1.807, 2.05) is 6.07 Å². The molecule has 0 aliphatic carbocycles. The van der Waals surface area contributed by atoms with E-state index in [0.717, 1.165) is 38.2 Å². The Bertz CT molecular complexity index is 440. The maximum absolute atomic E-state index is 13.5. The molecular formula is C17H28FN3. The van der Waals surface area contributed by atoms with Gasteiger partial charge in [0, 0.05) is 31.4 Å². The molecule has 1 N–H and O–H groups in total. The molecular weight excluding hydrogens is 265 g/mol. The summed E-state index contributed by atoms with van der Waals surface area (Å²) in [6.07, 6.45) is 3.44. The van der Waals surface area contributed by atoms with E-state index in [1.54, 1.807) is 12.1 Å². The Morgan fingerprint density at radius 2 is 2.00 bits per heavy atom. The summed E-state index contributed by atoms with van der Waals surface area (Å²) < 4.78 is 13.5. The first-order valence-corrected chi connectivity index (χ1v) is 8.02. The van der Waals surface area contributed by atoms with Crippen LogP contribution in [0.4, 0.5) is 10.1 Å². The van der Waals surface area contributed by atoms with E-state index < -0.39 is 0 Å². The number of benzene rings is 1. The van der Waals surface area contributed by atoms with Crippen molar-refractivity contribution in [3.8, 4) is 0 Å². The van der Waals surface area contributed by atoms with Crippen LogP contribution in [0.3, 0.4) is 0 Å². The smallest absolute Gasteiger partial charge is 0.123 e. The van der Waals surface area contributed by atoms with Gasteiger partial charge in [0.05, 0.1) is 0 Å². The normalized spacial score (nSPS) is 16.7. The molecule has 1 saturated heterocycles. The third-order valence-electron chi connectivity index (χ3n) is 4.32. The quantitative estimate of drug-likeness (QED) is 0.814. The molecule has 0 bridgehead atoms. The minimum absolute atomic E-state index is 0.143. The molecule has 1 heterocycles. The van der Waals surface area contributed by atoms with Gasteiger partial charge in [-0.25, -0.2) is 4.39 Å². The van der Waals surface area contributed by atoms with Crippen molar-refractivity contribution >= 4 is 5.69 Å². The van der Waals surface area contributed by atoms with Crippen LogP contribution in [0.25, 0.3) is 0 Å². The van der Waals surface area contributed by atoms with Gasteiger partial charge in [-0.3, -0.25) is 0 Å². The van der Waals surface area contributed by atoms with Gasteiger partial charge in [-0.05, 0) is 63.7 Å². The number of piperidine rings is 1. The van der Waals surface area contributed by atoms with Crippen molar-refractivity contribution in [2.24, 2.45) is 0 Å². The fourth-order valence-corrected chi connectivity index (χ4v) is 3.03. The van der Waals surface area contributed by atoms with E-state index in [9.17, 15) is 4.39 Å². The average Bonchev–Trinajstić information content (AvgIpc) is 2.48. The van der Waals surface area contributed by atoms with E-state index >= 15 is 0 Å². The van der Waals surface area contributed by atoms with Gasteiger partial charge in [0.1, 0.15) is 5.82 Å². The van der Waals surface area contributed by atoms with Crippen molar-refractivity contribution in [2.45, 2.75) is 38.8 Å². The predicted octanol–water partition coefficient (Wildman–Crippen LogP) is 2.86. The fraction of sp³-hybridized carbons (Fsp3) is 0.647. The topological polar surface area (TPSA) is 18.5 Å². The van der Waals surface area contributed by atoms with Crippen LogP contribution in [0.1, 0.15) is 31.7 Å². The molecule has 4 heteroatoms. The van der Waals surface area contributed by atoms with Crippen molar-refractivity contribution in [1.29, 1.82) is 0 Å². The molecule has 1 aromatic rings. The van der Waals surface area contributed by atoms with Gasteiger partial charge in [-0.2, -0.15) is 0 Å². The zero-order chi connectivity index (χ0) is 15.2. The van der Waals surface area contributed by atoms with Gasteiger partial charge < -0.3 is 15.1 Å². The molecule has 0 unspecified atom stereocenters. The molecule has 3 nitrogen and oxygen atoms in total. The number of hydrogen-bond donors (Lipinski definition) is 1. The molecule has 2 rings (SSSR count). The van der Waals surface area contributed by atoms with Crippen LogP contribution in [0.15, 0.2) is 18.2 Å². The molecule has 0 aromatic heterocycles. The van der Waals surface area contributed by atoms with Gasteiger partial charge in [0.2, 0.25) is 0 Å². The number of halogens is 1. The molecule has 1 aliphatic heterocycles. The molecule has 21 heavy (non-hydrogen) atoms. The van der Waals surface area contributed by atoms with Crippen molar-refractivity contribution in [2.75, 3.05) is 38.6 Å². The molecule has 0 radical (unpaired) electrons. The lowest BCUT2D eigenvalue weighted by atomic mass is 10.0. The lowest BCUT2D eigenvalue weighted by Gasteiger charge is -2.37. The standard InChI is InChI=1S/C17H28FN3/c1-4-9-19-13-14-12-15(18)5-6-17(14)21-10-7-16(8-11-21)20(2)3/h5-6,12,16,19H,4,7-11,13H2,1-3H3. The summed E-state index contributed by atoms with van der Waals surface area (Å²) >= 11 is 0. The van der Waals surface area contributed by atoms with Crippen LogP contribution in [0.2, 0.25) is 0 Å². The Morgan fingerprint density at radius 3 is 2.62 bits per heavy atom. The summed E-state index contributed by atoms with van der Waals surface area (Å²) in [5.41, 5.74) is 2.27. The van der Waals surface area contributed by atoms with E-state index in [4.69, 9.17) is 0 Å². The van der Waals surface area contributed by atoms with Crippen LogP contribution < -0.4 is 10.2 Å². The second kappa shape index (κ2) is 7.76. The van der Waals surface area contributed by atoms with Gasteiger partial charge in [0.25, 0.3) is 0 Å². The van der Waals surface area contributed by atoms with Crippen molar-refractivity contribution in [3.63, 3.8) is 0 Å². The monoisotopic (exact) mass is 293 g/mol. The van der Waals surface area contributed by atoms with Gasteiger partial charge >= 0.3 is 0 Å². The minimum Gasteiger partial charge on any atom is -0.371 e. The van der Waals surface area contributed by atoms with E-state index in [-0.39, 0.29) is 5.82 Å². The van der Waals surface area contributed by atoms with Crippen LogP contribution in [0.5, 0.6) is 0 Å². The molecule has 0 spiro atoms. The second-order valence-corrected chi connectivity index (χ2v) is 6.13. The summed E-state index contributed by atoms with van der Waals surface area (Å²) in [6, 6.07) is 5.87. The SMILES string of the molecule is CCCNCc1cc(F)ccc1N1CCC(N(C)C)CC1. The van der Waals surface area contributed by atoms with Crippen LogP contribution in [-0.2, 0) is 6.54 Å². The number of nitrogens with one attached hydrogen (secondary N) is 1.